The molecule has 1 nitrogen and oxygen atoms in total. The van der Waals surface area contributed by atoms with Gasteiger partial charge in [-0.05, 0) is 126 Å². The van der Waals surface area contributed by atoms with E-state index in [0.29, 0.717) is 0 Å². The molecule has 11 aromatic rings. The van der Waals surface area contributed by atoms with Gasteiger partial charge in [0, 0.05) is 16.5 Å². The molecule has 0 amide bonds. The number of benzene rings is 10. The Morgan fingerprint density at radius 3 is 1.35 bits per heavy atom. The van der Waals surface area contributed by atoms with Gasteiger partial charge in [-0.25, -0.2) is 0 Å². The van der Waals surface area contributed by atoms with Crippen LogP contribution in [-0.2, 0) is 0 Å². The third-order valence-electron chi connectivity index (χ3n) is 12.0. The van der Waals surface area contributed by atoms with Crippen LogP contribution in [0.4, 0.5) is 0 Å². The van der Waals surface area contributed by atoms with Crippen molar-refractivity contribution in [2.45, 2.75) is 13.8 Å². The molecule has 0 saturated heterocycles. The predicted molar refractivity (Wildman–Crippen MR) is 236 cm³/mol. The molecule has 0 aliphatic carbocycles. The molecule has 0 N–H and O–H groups in total. The third-order valence-corrected chi connectivity index (χ3v) is 12.0. The van der Waals surface area contributed by atoms with Crippen LogP contribution in [-0.4, -0.2) is 4.57 Å². The Balaban J connectivity index is 0.992. The number of rotatable bonds is 5. The second-order valence-corrected chi connectivity index (χ2v) is 14.9. The lowest BCUT2D eigenvalue weighted by molar-refractivity contribution is 1.18. The number of hydrogen-bond acceptors (Lipinski definition) is 0. The lowest BCUT2D eigenvalue weighted by atomic mass is 9.87. The molecule has 55 heavy (non-hydrogen) atoms. The first-order chi connectivity index (χ1) is 27.1. The fourth-order valence-electron chi connectivity index (χ4n) is 9.24. The normalized spacial score (nSPS) is 11.8. The summed E-state index contributed by atoms with van der Waals surface area (Å²) in [4.78, 5) is 0. The summed E-state index contributed by atoms with van der Waals surface area (Å²) in [6.45, 7) is 4.44. The van der Waals surface area contributed by atoms with Crippen molar-refractivity contribution in [3.05, 3.63) is 199 Å². The molecule has 1 aromatic heterocycles. The Labute approximate surface area is 320 Å². The number of fused-ring (bicyclic) bond motifs is 3. The zero-order valence-electron chi connectivity index (χ0n) is 30.8. The van der Waals surface area contributed by atoms with Gasteiger partial charge in [0.2, 0.25) is 0 Å². The van der Waals surface area contributed by atoms with E-state index in [2.05, 4.69) is 206 Å². The second kappa shape index (κ2) is 12.3. The first kappa shape index (κ1) is 31.6. The van der Waals surface area contributed by atoms with Gasteiger partial charge in [-0.3, -0.25) is 0 Å². The molecule has 0 aliphatic rings. The van der Waals surface area contributed by atoms with E-state index in [1.807, 2.05) is 0 Å². The molecule has 0 bridgehead atoms. The van der Waals surface area contributed by atoms with E-state index in [1.165, 1.54) is 115 Å². The van der Waals surface area contributed by atoms with E-state index in [9.17, 15) is 0 Å². The molecule has 0 fully saturated rings. The van der Waals surface area contributed by atoms with Gasteiger partial charge >= 0.3 is 0 Å². The summed E-state index contributed by atoms with van der Waals surface area (Å²) < 4.78 is 2.39. The summed E-state index contributed by atoms with van der Waals surface area (Å²) in [5, 5.41) is 10.4. The topological polar surface area (TPSA) is 4.93 Å². The highest BCUT2D eigenvalue weighted by atomic mass is 15.0. The molecule has 258 valence electrons. The largest absolute Gasteiger partial charge is 0.309 e. The molecule has 1 heteroatoms. The third kappa shape index (κ3) is 4.87. The minimum absolute atomic E-state index is 1.17. The SMILES string of the molecule is Cc1ccccc1-c1cccc(-c2ccc(-c3ccc4ccc5c(-c6ccc(-n7c8ccccc8c8ccccc87)cc6)ccc6ccc3c4c65)cc2)c1C. The molecule has 0 aliphatic heterocycles. The summed E-state index contributed by atoms with van der Waals surface area (Å²) in [5.41, 5.74) is 16.3. The highest BCUT2D eigenvalue weighted by Gasteiger charge is 2.17. The molecular weight excluding hydrogens is 663 g/mol. The van der Waals surface area contributed by atoms with Crippen molar-refractivity contribution in [3.63, 3.8) is 0 Å². The summed E-state index contributed by atoms with van der Waals surface area (Å²) >= 11 is 0. The Kier molecular flexibility index (Phi) is 7.06. The van der Waals surface area contributed by atoms with Crippen LogP contribution in [0.3, 0.4) is 0 Å². The second-order valence-electron chi connectivity index (χ2n) is 14.9. The van der Waals surface area contributed by atoms with Gasteiger partial charge in [-0.15, -0.1) is 0 Å². The van der Waals surface area contributed by atoms with Gasteiger partial charge < -0.3 is 4.57 Å². The van der Waals surface area contributed by atoms with E-state index < -0.39 is 0 Å². The Bertz CT molecular complexity index is 3200. The average Bonchev–Trinajstić information content (AvgIpc) is 3.58. The lowest BCUT2D eigenvalue weighted by Gasteiger charge is -2.17. The van der Waals surface area contributed by atoms with E-state index in [0.717, 1.165) is 0 Å². The van der Waals surface area contributed by atoms with Crippen LogP contribution in [0, 0.1) is 13.8 Å². The van der Waals surface area contributed by atoms with Crippen LogP contribution >= 0.6 is 0 Å². The number of nitrogens with zero attached hydrogens (tertiary/aromatic N) is 1. The maximum atomic E-state index is 2.39. The van der Waals surface area contributed by atoms with Crippen molar-refractivity contribution in [2.24, 2.45) is 0 Å². The van der Waals surface area contributed by atoms with E-state index in [-0.39, 0.29) is 0 Å². The van der Waals surface area contributed by atoms with Crippen LogP contribution in [0.15, 0.2) is 188 Å². The molecule has 1 heterocycles. The molecule has 11 rings (SSSR count). The average molecular weight is 700 g/mol. The monoisotopic (exact) mass is 699 g/mol. The zero-order chi connectivity index (χ0) is 36.6. The standard InChI is InChI=1S/C54H37N/c1-34-10-3-4-11-42(34)44-15-9-14-43(35(44)2)36-18-20-37(21-19-36)45-30-24-39-27-33-50-46(31-25-40-26-32-49(45)53(39)54(40)50)38-22-28-41(29-23-38)55-51-16-7-5-12-47(51)48-13-6-8-17-52(48)55/h3-33H,1-2H3. The van der Waals surface area contributed by atoms with Crippen LogP contribution in [0.25, 0.3) is 104 Å². The summed E-state index contributed by atoms with van der Waals surface area (Å²) in [6, 6.07) is 69.5. The molecule has 0 atom stereocenters. The first-order valence-electron chi connectivity index (χ1n) is 19.2. The summed E-state index contributed by atoms with van der Waals surface area (Å²) in [7, 11) is 0. The van der Waals surface area contributed by atoms with Crippen molar-refractivity contribution in [2.75, 3.05) is 0 Å². The minimum Gasteiger partial charge on any atom is -0.309 e. The fraction of sp³-hybridized carbons (Fsp3) is 0.0370. The van der Waals surface area contributed by atoms with Crippen LogP contribution in [0.2, 0.25) is 0 Å². The van der Waals surface area contributed by atoms with Gasteiger partial charge in [0.05, 0.1) is 11.0 Å². The van der Waals surface area contributed by atoms with E-state index >= 15 is 0 Å². The Morgan fingerprint density at radius 2 is 0.764 bits per heavy atom. The highest BCUT2D eigenvalue weighted by Crippen LogP contribution is 2.43. The smallest absolute Gasteiger partial charge is 0.0541 e. The number of aryl methyl sites for hydroxylation is 1. The van der Waals surface area contributed by atoms with Crippen molar-refractivity contribution in [3.8, 4) is 50.2 Å². The maximum Gasteiger partial charge on any atom is 0.0541 e. The summed E-state index contributed by atoms with van der Waals surface area (Å²) in [6.07, 6.45) is 0. The van der Waals surface area contributed by atoms with Crippen molar-refractivity contribution in [1.29, 1.82) is 0 Å². The molecule has 0 radical (unpaired) electrons. The van der Waals surface area contributed by atoms with Crippen LogP contribution in [0.5, 0.6) is 0 Å². The quantitative estimate of drug-likeness (QED) is 0.158. The molecule has 0 saturated carbocycles. The lowest BCUT2D eigenvalue weighted by Crippen LogP contribution is -1.94. The van der Waals surface area contributed by atoms with Crippen molar-refractivity contribution >= 4 is 54.1 Å². The molecular formula is C54H37N. The Hall–Kier alpha value is -6.96. The van der Waals surface area contributed by atoms with E-state index in [1.54, 1.807) is 0 Å². The predicted octanol–water partition coefficient (Wildman–Crippen LogP) is 15.0. The van der Waals surface area contributed by atoms with Gasteiger partial charge in [0.15, 0.2) is 0 Å². The Morgan fingerprint density at radius 1 is 0.309 bits per heavy atom. The molecule has 10 aromatic carbocycles. The van der Waals surface area contributed by atoms with Gasteiger partial charge in [-0.2, -0.15) is 0 Å². The summed E-state index contributed by atoms with van der Waals surface area (Å²) in [5.74, 6) is 0. The molecule has 0 unspecified atom stereocenters. The van der Waals surface area contributed by atoms with Gasteiger partial charge in [0.1, 0.15) is 0 Å². The van der Waals surface area contributed by atoms with Gasteiger partial charge in [-0.1, -0.05) is 164 Å². The van der Waals surface area contributed by atoms with Gasteiger partial charge in [0.25, 0.3) is 0 Å². The number of para-hydroxylation sites is 2. The van der Waals surface area contributed by atoms with Crippen molar-refractivity contribution < 1.29 is 0 Å². The fourth-order valence-corrected chi connectivity index (χ4v) is 9.24. The maximum absolute atomic E-state index is 2.39. The van der Waals surface area contributed by atoms with Crippen LogP contribution in [0.1, 0.15) is 11.1 Å². The van der Waals surface area contributed by atoms with E-state index in [4.69, 9.17) is 0 Å². The molecule has 0 spiro atoms. The number of hydrogen-bond donors (Lipinski definition) is 0. The zero-order valence-corrected chi connectivity index (χ0v) is 30.8. The van der Waals surface area contributed by atoms with Crippen LogP contribution < -0.4 is 0 Å². The van der Waals surface area contributed by atoms with Crippen molar-refractivity contribution in [1.82, 2.24) is 4.57 Å². The minimum atomic E-state index is 1.17. The number of aromatic nitrogens is 1. The highest BCUT2D eigenvalue weighted by molar-refractivity contribution is 6.27. The first-order valence-corrected chi connectivity index (χ1v) is 19.2.